The minimum atomic E-state index is -1.59. The zero-order chi connectivity index (χ0) is 17.7. The summed E-state index contributed by atoms with van der Waals surface area (Å²) in [5, 5.41) is 2.25. The lowest BCUT2D eigenvalue weighted by Gasteiger charge is -2.18. The van der Waals surface area contributed by atoms with Gasteiger partial charge in [0.1, 0.15) is 0 Å². The number of hydrogen-bond donors (Lipinski definition) is 1. The Labute approximate surface area is 138 Å². The molecule has 7 nitrogen and oxygen atoms in total. The predicted octanol–water partition coefficient (Wildman–Crippen LogP) is 0.740. The molecule has 0 spiro atoms. The molecule has 1 aliphatic rings. The van der Waals surface area contributed by atoms with Crippen molar-refractivity contribution >= 4 is 17.8 Å². The number of ether oxygens (including phenoxy) is 3. The van der Waals surface area contributed by atoms with Crippen LogP contribution in [0.1, 0.15) is 19.4 Å². The summed E-state index contributed by atoms with van der Waals surface area (Å²) in [7, 11) is 0. The van der Waals surface area contributed by atoms with Gasteiger partial charge in [0.2, 0.25) is 6.04 Å². The molecule has 8 heteroatoms. The number of benzene rings is 1. The van der Waals surface area contributed by atoms with E-state index in [9.17, 15) is 18.8 Å². The smallest absolute Gasteiger partial charge is 0.340 e. The van der Waals surface area contributed by atoms with Crippen molar-refractivity contribution in [2.24, 2.45) is 0 Å². The lowest BCUT2D eigenvalue weighted by Crippen LogP contribution is -2.52. The van der Waals surface area contributed by atoms with Gasteiger partial charge in [-0.1, -0.05) is 12.1 Å². The van der Waals surface area contributed by atoms with Crippen molar-refractivity contribution < 1.29 is 33.0 Å². The number of para-hydroxylation sites is 1. The molecule has 1 atom stereocenters. The van der Waals surface area contributed by atoms with Gasteiger partial charge in [-0.25, -0.2) is 14.0 Å². The van der Waals surface area contributed by atoms with E-state index < -0.39 is 35.8 Å². The molecular formula is C16H18FNO6. The van der Waals surface area contributed by atoms with Gasteiger partial charge in [0.25, 0.3) is 5.91 Å². The Kier molecular flexibility index (Phi) is 5.73. The van der Waals surface area contributed by atoms with Gasteiger partial charge in [-0.2, -0.15) is 0 Å². The topological polar surface area (TPSA) is 90.9 Å². The second-order valence-corrected chi connectivity index (χ2v) is 4.98. The van der Waals surface area contributed by atoms with Crippen LogP contribution in [0.4, 0.5) is 4.39 Å². The third-order valence-electron chi connectivity index (χ3n) is 3.34. The summed E-state index contributed by atoms with van der Waals surface area (Å²) in [4.78, 5) is 36.0. The molecular weight excluding hydrogens is 321 g/mol. The maximum Gasteiger partial charge on any atom is 0.340 e. The molecule has 0 saturated heterocycles. The molecule has 1 aromatic carbocycles. The lowest BCUT2D eigenvalue weighted by molar-refractivity contribution is -0.160. The highest BCUT2D eigenvalue weighted by Crippen LogP contribution is 2.31. The second-order valence-electron chi connectivity index (χ2n) is 4.98. The van der Waals surface area contributed by atoms with E-state index in [4.69, 9.17) is 14.2 Å². The number of carbonyl (C=O) groups excluding carboxylic acids is 3. The number of rotatable bonds is 6. The summed E-state index contributed by atoms with van der Waals surface area (Å²) in [5.41, 5.74) is 0.541. The van der Waals surface area contributed by atoms with E-state index in [0.29, 0.717) is 5.56 Å². The maximum atomic E-state index is 13.6. The first kappa shape index (κ1) is 17.7. The number of halogens is 1. The molecule has 130 valence electrons. The number of fused-ring (bicyclic) bond motifs is 1. The highest BCUT2D eigenvalue weighted by atomic mass is 19.1. The van der Waals surface area contributed by atoms with Crippen molar-refractivity contribution in [3.05, 3.63) is 29.6 Å². The van der Waals surface area contributed by atoms with Crippen LogP contribution in [0.15, 0.2) is 18.2 Å². The molecule has 1 aliphatic heterocycles. The first-order valence-corrected chi connectivity index (χ1v) is 7.55. The molecule has 1 heterocycles. The normalized spacial score (nSPS) is 15.4. The molecule has 1 amide bonds. The lowest BCUT2D eigenvalue weighted by atomic mass is 10.1. The summed E-state index contributed by atoms with van der Waals surface area (Å²) >= 11 is 0. The highest BCUT2D eigenvalue weighted by Gasteiger charge is 2.37. The first-order chi connectivity index (χ1) is 11.5. The van der Waals surface area contributed by atoms with Gasteiger partial charge >= 0.3 is 11.9 Å². The average Bonchev–Trinajstić information content (AvgIpc) is 2.98. The van der Waals surface area contributed by atoms with E-state index >= 15 is 0 Å². The molecule has 0 saturated carbocycles. The number of carbonyl (C=O) groups is 3. The number of esters is 2. The maximum absolute atomic E-state index is 13.6. The molecule has 24 heavy (non-hydrogen) atoms. The van der Waals surface area contributed by atoms with Crippen LogP contribution < -0.4 is 10.1 Å². The molecule has 0 aliphatic carbocycles. The fourth-order valence-electron chi connectivity index (χ4n) is 2.28. The van der Waals surface area contributed by atoms with Crippen LogP contribution in [-0.4, -0.2) is 43.2 Å². The fraction of sp³-hybridized carbons (Fsp3) is 0.438. The Balaban J connectivity index is 2.07. The first-order valence-electron chi connectivity index (χ1n) is 7.55. The third-order valence-corrected chi connectivity index (χ3v) is 3.34. The number of amides is 1. The molecule has 1 aromatic rings. The van der Waals surface area contributed by atoms with E-state index in [1.165, 1.54) is 12.1 Å². The van der Waals surface area contributed by atoms with E-state index in [1.807, 2.05) is 0 Å². The van der Waals surface area contributed by atoms with E-state index in [0.717, 1.165) is 0 Å². The Bertz CT molecular complexity index is 629. The molecule has 0 fully saturated rings. The minimum Gasteiger partial charge on any atom is -0.477 e. The van der Waals surface area contributed by atoms with Crippen LogP contribution in [0.2, 0.25) is 0 Å². The minimum absolute atomic E-state index is 0.00136. The van der Waals surface area contributed by atoms with Gasteiger partial charge in [0.15, 0.2) is 17.7 Å². The van der Waals surface area contributed by atoms with Crippen LogP contribution in [0.3, 0.4) is 0 Å². The van der Waals surface area contributed by atoms with Crippen molar-refractivity contribution in [3.8, 4) is 5.75 Å². The van der Waals surface area contributed by atoms with Gasteiger partial charge in [-0.15, -0.1) is 0 Å². The molecule has 2 rings (SSSR count). The van der Waals surface area contributed by atoms with Crippen molar-refractivity contribution in [1.82, 2.24) is 5.32 Å². The zero-order valence-corrected chi connectivity index (χ0v) is 13.3. The van der Waals surface area contributed by atoms with Gasteiger partial charge in [-0.05, 0) is 19.9 Å². The molecule has 1 N–H and O–H groups in total. The van der Waals surface area contributed by atoms with Gasteiger partial charge < -0.3 is 19.5 Å². The highest BCUT2D eigenvalue weighted by molar-refractivity contribution is 6.03. The van der Waals surface area contributed by atoms with Crippen molar-refractivity contribution in [2.45, 2.75) is 32.4 Å². The van der Waals surface area contributed by atoms with E-state index in [-0.39, 0.29) is 25.4 Å². The van der Waals surface area contributed by atoms with E-state index in [2.05, 4.69) is 5.32 Å². The van der Waals surface area contributed by atoms with Crippen LogP contribution in [0, 0.1) is 5.82 Å². The summed E-state index contributed by atoms with van der Waals surface area (Å²) in [5.74, 6) is -3.15. The van der Waals surface area contributed by atoms with Crippen LogP contribution >= 0.6 is 0 Å². The molecule has 0 bridgehead atoms. The van der Waals surface area contributed by atoms with Crippen LogP contribution in [0.25, 0.3) is 0 Å². The fourth-order valence-corrected chi connectivity index (χ4v) is 2.28. The van der Waals surface area contributed by atoms with E-state index in [1.54, 1.807) is 19.9 Å². The monoisotopic (exact) mass is 339 g/mol. The SMILES string of the molecule is CCOC(=O)C(NC(=O)[C@H]1Cc2cccc(F)c2O1)C(=O)OCC. The standard InChI is InChI=1S/C16H18FNO6/c1-3-22-15(20)12(16(21)23-4-2)18-14(19)11-8-9-6-5-7-10(17)13(9)24-11/h5-7,11-12H,3-4,8H2,1-2H3,(H,18,19)/t11-/m1/s1. The van der Waals surface area contributed by atoms with Crippen LogP contribution in [0.5, 0.6) is 5.75 Å². The third kappa shape index (κ3) is 3.81. The molecule has 0 unspecified atom stereocenters. The predicted molar refractivity (Wildman–Crippen MR) is 79.7 cm³/mol. The summed E-state index contributed by atoms with van der Waals surface area (Å²) in [6, 6.07) is 2.78. The quantitative estimate of drug-likeness (QED) is 0.607. The number of hydrogen-bond acceptors (Lipinski definition) is 6. The largest absolute Gasteiger partial charge is 0.477 e. The second kappa shape index (κ2) is 7.76. The molecule has 0 radical (unpaired) electrons. The average molecular weight is 339 g/mol. The Morgan fingerprint density at radius 3 is 2.42 bits per heavy atom. The summed E-state index contributed by atoms with van der Waals surface area (Å²) < 4.78 is 28.5. The van der Waals surface area contributed by atoms with Gasteiger partial charge in [0.05, 0.1) is 13.2 Å². The Morgan fingerprint density at radius 2 is 1.88 bits per heavy atom. The number of nitrogens with one attached hydrogen (secondary N) is 1. The van der Waals surface area contributed by atoms with Crippen molar-refractivity contribution in [2.75, 3.05) is 13.2 Å². The van der Waals surface area contributed by atoms with Gasteiger partial charge in [0, 0.05) is 12.0 Å². The Hall–Kier alpha value is -2.64. The molecule has 0 aromatic heterocycles. The van der Waals surface area contributed by atoms with Gasteiger partial charge in [-0.3, -0.25) is 4.79 Å². The summed E-state index contributed by atoms with van der Waals surface area (Å²) in [6.07, 6.45) is -0.902. The summed E-state index contributed by atoms with van der Waals surface area (Å²) in [6.45, 7) is 3.23. The van der Waals surface area contributed by atoms with Crippen molar-refractivity contribution in [3.63, 3.8) is 0 Å². The van der Waals surface area contributed by atoms with Crippen molar-refractivity contribution in [1.29, 1.82) is 0 Å². The van der Waals surface area contributed by atoms with Crippen LogP contribution in [-0.2, 0) is 30.3 Å². The Morgan fingerprint density at radius 1 is 1.25 bits per heavy atom. The zero-order valence-electron chi connectivity index (χ0n) is 13.3.